The number of nitrogens with zero attached hydrogens (tertiary/aromatic N) is 2. The first kappa shape index (κ1) is 10.7. The summed E-state index contributed by atoms with van der Waals surface area (Å²) in [5.74, 6) is 1.77. The van der Waals surface area contributed by atoms with E-state index >= 15 is 0 Å². The van der Waals surface area contributed by atoms with Crippen LogP contribution >= 0.6 is 0 Å². The van der Waals surface area contributed by atoms with Crippen molar-refractivity contribution in [2.75, 3.05) is 7.11 Å². The molecule has 0 radical (unpaired) electrons. The van der Waals surface area contributed by atoms with E-state index in [1.54, 1.807) is 13.3 Å². The number of hydrogen-bond acceptors (Lipinski definition) is 3. The number of allylic oxidation sites excluding steroid dienone is 1. The number of rotatable bonds is 0. The molecule has 1 aliphatic heterocycles. The van der Waals surface area contributed by atoms with Crippen molar-refractivity contribution in [2.24, 2.45) is 4.99 Å². The lowest BCUT2D eigenvalue weighted by atomic mass is 10.2. The predicted molar refractivity (Wildman–Crippen MR) is 61.6 cm³/mol. The summed E-state index contributed by atoms with van der Waals surface area (Å²) in [5.41, 5.74) is 1.04. The summed E-state index contributed by atoms with van der Waals surface area (Å²) in [5, 5.41) is 9.69. The van der Waals surface area contributed by atoms with E-state index in [1.165, 1.54) is 0 Å². The van der Waals surface area contributed by atoms with Gasteiger partial charge in [0.2, 0.25) is 0 Å². The molecule has 4 nitrogen and oxygen atoms in total. The lowest BCUT2D eigenvalue weighted by Gasteiger charge is -2.06. The van der Waals surface area contributed by atoms with E-state index in [0.29, 0.717) is 24.5 Å². The zero-order valence-electron chi connectivity index (χ0n) is 9.47. The Morgan fingerprint density at radius 1 is 1.44 bits per heavy atom. The summed E-state index contributed by atoms with van der Waals surface area (Å²) in [4.78, 5) is 4.45. The van der Waals surface area contributed by atoms with Crippen molar-refractivity contribution in [2.45, 2.75) is 19.8 Å². The van der Waals surface area contributed by atoms with Crippen molar-refractivity contribution in [3.8, 4) is 0 Å². The van der Waals surface area contributed by atoms with Crippen molar-refractivity contribution < 1.29 is 14.4 Å². The third-order valence-electron chi connectivity index (χ3n) is 2.54. The Labute approximate surface area is 94.5 Å². The minimum absolute atomic E-state index is 0.335. The molecule has 1 aromatic rings. The van der Waals surface area contributed by atoms with Gasteiger partial charge in [-0.15, -0.1) is 0 Å². The smallest absolute Gasteiger partial charge is 0.334 e. The Kier molecular flexibility index (Phi) is 2.90. The van der Waals surface area contributed by atoms with Gasteiger partial charge in [0.15, 0.2) is 0 Å². The summed E-state index contributed by atoms with van der Waals surface area (Å²) in [6, 6.07) is 3.90. The van der Waals surface area contributed by atoms with E-state index in [-0.39, 0.29) is 0 Å². The maximum absolute atomic E-state index is 9.69. The van der Waals surface area contributed by atoms with E-state index in [4.69, 9.17) is 4.74 Å². The molecule has 0 unspecified atom stereocenters. The highest BCUT2D eigenvalue weighted by molar-refractivity contribution is 5.79. The second kappa shape index (κ2) is 4.35. The van der Waals surface area contributed by atoms with Gasteiger partial charge < -0.3 is 9.84 Å². The second-order valence-corrected chi connectivity index (χ2v) is 3.75. The number of aromatic nitrogens is 1. The highest BCUT2D eigenvalue weighted by atomic mass is 16.5. The number of fused-ring (bicyclic) bond motifs is 1. The molecular formula is C12H15N2O2+. The SMILES string of the molecule is COC1=Nc2c(C)ccc[n+]2C=C(O)CC1. The molecule has 0 fully saturated rings. The Morgan fingerprint density at radius 2 is 2.25 bits per heavy atom. The van der Waals surface area contributed by atoms with Crippen LogP contribution in [-0.2, 0) is 4.74 Å². The molecule has 0 atom stereocenters. The van der Waals surface area contributed by atoms with E-state index in [2.05, 4.69) is 4.99 Å². The number of aliphatic hydroxyl groups excluding tert-OH is 1. The van der Waals surface area contributed by atoms with Crippen LogP contribution in [0.25, 0.3) is 6.20 Å². The standard InChI is InChI=1S/C12H14N2O2/c1-9-4-3-7-14-8-10(15)5-6-11(16-2)13-12(9)14/h3-4,7-8H,5-6H2,1-2H3/p+1. The van der Waals surface area contributed by atoms with Crippen LogP contribution in [0, 0.1) is 6.92 Å². The first-order valence-corrected chi connectivity index (χ1v) is 5.22. The molecule has 0 spiro atoms. The van der Waals surface area contributed by atoms with Gasteiger partial charge in [0.1, 0.15) is 12.0 Å². The minimum Gasteiger partial charge on any atom is -0.509 e. The Morgan fingerprint density at radius 3 is 3.00 bits per heavy atom. The molecule has 16 heavy (non-hydrogen) atoms. The van der Waals surface area contributed by atoms with Crippen molar-refractivity contribution in [3.63, 3.8) is 0 Å². The van der Waals surface area contributed by atoms with Gasteiger partial charge in [-0.2, -0.15) is 4.57 Å². The average Bonchev–Trinajstić information content (AvgIpc) is 2.24. The second-order valence-electron chi connectivity index (χ2n) is 3.75. The van der Waals surface area contributed by atoms with Gasteiger partial charge in [0.05, 0.1) is 19.7 Å². The molecule has 0 saturated heterocycles. The summed E-state index contributed by atoms with van der Waals surface area (Å²) in [6.45, 7) is 1.98. The normalized spacial score (nSPS) is 15.4. The molecular weight excluding hydrogens is 204 g/mol. The zero-order chi connectivity index (χ0) is 11.5. The molecule has 84 valence electrons. The van der Waals surface area contributed by atoms with Gasteiger partial charge in [0.25, 0.3) is 0 Å². The molecule has 0 aliphatic carbocycles. The number of aliphatic imine (C=N–C) groups is 1. The fourth-order valence-electron chi connectivity index (χ4n) is 1.66. The number of ether oxygens (including phenoxy) is 1. The monoisotopic (exact) mass is 219 g/mol. The summed E-state index contributed by atoms with van der Waals surface area (Å²) >= 11 is 0. The van der Waals surface area contributed by atoms with Crippen molar-refractivity contribution in [1.29, 1.82) is 0 Å². The number of pyridine rings is 1. The lowest BCUT2D eigenvalue weighted by Crippen LogP contribution is -2.29. The molecule has 0 saturated carbocycles. The molecule has 4 heteroatoms. The minimum atomic E-state index is 0.335. The molecule has 1 aromatic heterocycles. The van der Waals surface area contributed by atoms with Gasteiger partial charge in [-0.3, -0.25) is 0 Å². The van der Waals surface area contributed by atoms with Crippen LogP contribution in [0.1, 0.15) is 18.4 Å². The summed E-state index contributed by atoms with van der Waals surface area (Å²) in [6.07, 6.45) is 4.72. The zero-order valence-corrected chi connectivity index (χ0v) is 9.47. The first-order chi connectivity index (χ1) is 7.70. The van der Waals surface area contributed by atoms with Gasteiger partial charge in [0, 0.05) is 12.0 Å². The van der Waals surface area contributed by atoms with Gasteiger partial charge in [-0.25, -0.2) is 0 Å². The maximum atomic E-state index is 9.69. The van der Waals surface area contributed by atoms with Gasteiger partial charge in [-0.05, 0) is 24.0 Å². The molecule has 2 heterocycles. The summed E-state index contributed by atoms with van der Waals surface area (Å²) in [7, 11) is 1.60. The number of aryl methyl sites for hydroxylation is 1. The van der Waals surface area contributed by atoms with E-state index < -0.39 is 0 Å². The molecule has 0 bridgehead atoms. The fourth-order valence-corrected chi connectivity index (χ4v) is 1.66. The first-order valence-electron chi connectivity index (χ1n) is 5.22. The fraction of sp³-hybridized carbons (Fsp3) is 0.333. The highest BCUT2D eigenvalue weighted by Crippen LogP contribution is 2.17. The van der Waals surface area contributed by atoms with Crippen LogP contribution in [0.2, 0.25) is 0 Å². The van der Waals surface area contributed by atoms with Crippen LogP contribution in [0.15, 0.2) is 29.1 Å². The molecule has 0 amide bonds. The van der Waals surface area contributed by atoms with Gasteiger partial charge >= 0.3 is 11.7 Å². The molecule has 1 aliphatic rings. The third-order valence-corrected chi connectivity index (χ3v) is 2.54. The van der Waals surface area contributed by atoms with Crippen LogP contribution in [0.4, 0.5) is 5.82 Å². The summed E-state index contributed by atoms with van der Waals surface area (Å²) < 4.78 is 6.99. The Balaban J connectivity index is 2.58. The number of hydrogen-bond donors (Lipinski definition) is 1. The van der Waals surface area contributed by atoms with E-state index in [1.807, 2.05) is 29.8 Å². The largest absolute Gasteiger partial charge is 0.509 e. The molecule has 0 aromatic carbocycles. The predicted octanol–water partition coefficient (Wildman–Crippen LogP) is 2.11. The molecule has 2 rings (SSSR count). The van der Waals surface area contributed by atoms with Crippen LogP contribution in [0.5, 0.6) is 0 Å². The van der Waals surface area contributed by atoms with Crippen molar-refractivity contribution in [3.05, 3.63) is 29.7 Å². The lowest BCUT2D eigenvalue weighted by molar-refractivity contribution is -0.556. The Hall–Kier alpha value is -1.84. The van der Waals surface area contributed by atoms with Crippen LogP contribution < -0.4 is 4.57 Å². The highest BCUT2D eigenvalue weighted by Gasteiger charge is 2.18. The van der Waals surface area contributed by atoms with Crippen molar-refractivity contribution >= 4 is 17.9 Å². The maximum Gasteiger partial charge on any atom is 0.334 e. The Bertz CT molecular complexity index is 464. The van der Waals surface area contributed by atoms with Crippen LogP contribution in [-0.4, -0.2) is 18.1 Å². The number of aliphatic hydroxyl groups is 1. The number of methoxy groups -OCH3 is 1. The van der Waals surface area contributed by atoms with Gasteiger partial charge in [-0.1, -0.05) is 0 Å². The topological polar surface area (TPSA) is 45.7 Å². The molecule has 1 N–H and O–H groups in total. The quantitative estimate of drug-likeness (QED) is 0.679. The third kappa shape index (κ3) is 2.05. The van der Waals surface area contributed by atoms with Crippen LogP contribution in [0.3, 0.4) is 0 Å². The van der Waals surface area contributed by atoms with Crippen molar-refractivity contribution in [1.82, 2.24) is 0 Å². The van der Waals surface area contributed by atoms with E-state index in [9.17, 15) is 5.11 Å². The van der Waals surface area contributed by atoms with E-state index in [0.717, 1.165) is 11.4 Å². The average molecular weight is 219 g/mol.